The fourth-order valence-electron chi connectivity index (χ4n) is 3.07. The maximum absolute atomic E-state index is 12.6. The Hall–Kier alpha value is -2.92. The molecule has 0 bridgehead atoms. The second kappa shape index (κ2) is 9.70. The molecule has 0 fully saturated rings. The van der Waals surface area contributed by atoms with Crippen LogP contribution in [0.3, 0.4) is 0 Å². The van der Waals surface area contributed by atoms with Crippen LogP contribution in [0.2, 0.25) is 0 Å². The van der Waals surface area contributed by atoms with Crippen LogP contribution in [0.25, 0.3) is 10.9 Å². The van der Waals surface area contributed by atoms with Crippen molar-refractivity contribution >= 4 is 55.6 Å². The number of methoxy groups -OCH3 is 1. The van der Waals surface area contributed by atoms with Crippen LogP contribution in [-0.4, -0.2) is 23.0 Å². The van der Waals surface area contributed by atoms with E-state index in [2.05, 4.69) is 48.6 Å². The van der Waals surface area contributed by atoms with Crippen LogP contribution in [0.4, 0.5) is 0 Å². The second-order valence-electron chi connectivity index (χ2n) is 6.79. The third kappa shape index (κ3) is 4.78. The van der Waals surface area contributed by atoms with Crippen molar-refractivity contribution in [3.63, 3.8) is 0 Å². The molecule has 4 rings (SSSR count). The molecular weight excluding hydrogens is 589 g/mol. The number of nitrogens with zero attached hydrogens (tertiary/aromatic N) is 2. The molecule has 3 aromatic carbocycles. The average Bonchev–Trinajstić information content (AvgIpc) is 2.79. The summed E-state index contributed by atoms with van der Waals surface area (Å²) in [5, 5.41) is 4.49. The van der Waals surface area contributed by atoms with Gasteiger partial charge in [0.2, 0.25) is 0 Å². The zero-order valence-electron chi connectivity index (χ0n) is 16.8. The number of H-pyrrole nitrogens is 1. The number of halogens is 2. The van der Waals surface area contributed by atoms with Crippen molar-refractivity contribution in [2.45, 2.75) is 6.61 Å². The van der Waals surface area contributed by atoms with Crippen LogP contribution in [0.1, 0.15) is 11.1 Å². The minimum Gasteiger partial charge on any atom is -0.493 e. The van der Waals surface area contributed by atoms with Crippen molar-refractivity contribution in [3.8, 4) is 11.5 Å². The van der Waals surface area contributed by atoms with Crippen molar-refractivity contribution in [1.29, 1.82) is 0 Å². The summed E-state index contributed by atoms with van der Waals surface area (Å²) in [5.41, 5.74) is 1.04. The van der Waals surface area contributed by atoms with E-state index in [1.54, 1.807) is 37.4 Å². The second-order valence-corrected chi connectivity index (χ2v) is 8.86. The van der Waals surface area contributed by atoms with Gasteiger partial charge in [0.15, 0.2) is 11.5 Å². The number of rotatable bonds is 6. The summed E-state index contributed by atoms with van der Waals surface area (Å²) in [6, 6.07) is 18.2. The Balaban J connectivity index is 1.62. The van der Waals surface area contributed by atoms with Crippen LogP contribution in [0, 0.1) is 3.57 Å². The molecule has 1 N–H and O–H groups in total. The minimum atomic E-state index is -0.610. The molecule has 1 aromatic heterocycles. The van der Waals surface area contributed by atoms with E-state index in [4.69, 9.17) is 9.47 Å². The Labute approximate surface area is 205 Å². The number of aromatic nitrogens is 2. The number of nitrogens with one attached hydrogen (secondary N) is 1. The molecule has 9 heteroatoms. The molecule has 7 nitrogen and oxygen atoms in total. The quantitative estimate of drug-likeness (QED) is 0.259. The van der Waals surface area contributed by atoms with Gasteiger partial charge in [-0.05, 0) is 70.1 Å². The highest BCUT2D eigenvalue weighted by molar-refractivity contribution is 14.1. The van der Waals surface area contributed by atoms with Gasteiger partial charge in [-0.3, -0.25) is 4.79 Å². The summed E-state index contributed by atoms with van der Waals surface area (Å²) in [7, 11) is 1.55. The molecule has 0 spiro atoms. The SMILES string of the molecule is COc1cc(C=Nn2c(=O)[nH]c3ccccc3c2=O)cc(I)c1OCc1ccc(Br)cc1. The van der Waals surface area contributed by atoms with Gasteiger partial charge in [-0.15, -0.1) is 4.68 Å². The Bertz CT molecular complexity index is 1430. The number of hydrogen-bond donors (Lipinski definition) is 1. The molecule has 0 aliphatic rings. The van der Waals surface area contributed by atoms with E-state index < -0.39 is 11.2 Å². The van der Waals surface area contributed by atoms with Crippen molar-refractivity contribution in [2.75, 3.05) is 7.11 Å². The largest absolute Gasteiger partial charge is 0.493 e. The van der Waals surface area contributed by atoms with Gasteiger partial charge in [0.05, 0.1) is 27.8 Å². The maximum atomic E-state index is 12.6. The van der Waals surface area contributed by atoms with E-state index in [-0.39, 0.29) is 0 Å². The number of ether oxygens (including phenoxy) is 2. The highest BCUT2D eigenvalue weighted by atomic mass is 127. The third-order valence-corrected chi connectivity index (χ3v) is 5.98. The number of aromatic amines is 1. The van der Waals surface area contributed by atoms with E-state index in [9.17, 15) is 9.59 Å². The van der Waals surface area contributed by atoms with E-state index in [0.717, 1.165) is 18.3 Å². The number of hydrogen-bond acceptors (Lipinski definition) is 5. The van der Waals surface area contributed by atoms with Gasteiger partial charge in [-0.1, -0.05) is 40.2 Å². The van der Waals surface area contributed by atoms with Crippen molar-refractivity contribution < 1.29 is 9.47 Å². The van der Waals surface area contributed by atoms with Gasteiger partial charge in [-0.2, -0.15) is 5.10 Å². The summed E-state index contributed by atoms with van der Waals surface area (Å²) in [4.78, 5) is 27.6. The smallest absolute Gasteiger partial charge is 0.349 e. The van der Waals surface area contributed by atoms with Gasteiger partial charge in [-0.25, -0.2) is 4.79 Å². The first-order valence-corrected chi connectivity index (χ1v) is 11.4. The first kappa shape index (κ1) is 22.3. The lowest BCUT2D eigenvalue weighted by Gasteiger charge is -2.13. The minimum absolute atomic E-state index is 0.383. The van der Waals surface area contributed by atoms with Gasteiger partial charge in [0.1, 0.15) is 6.61 Å². The first-order chi connectivity index (χ1) is 15.5. The average molecular weight is 606 g/mol. The maximum Gasteiger partial charge on any atom is 0.349 e. The molecular formula is C23H17BrIN3O4. The molecule has 0 saturated heterocycles. The summed E-state index contributed by atoms with van der Waals surface area (Å²) < 4.78 is 14.1. The van der Waals surface area contributed by atoms with Crippen molar-refractivity contribution in [2.24, 2.45) is 5.10 Å². The molecule has 32 heavy (non-hydrogen) atoms. The third-order valence-electron chi connectivity index (χ3n) is 4.65. The molecule has 0 unspecified atom stereocenters. The molecule has 0 aliphatic heterocycles. The molecule has 0 saturated carbocycles. The number of para-hydroxylation sites is 1. The van der Waals surface area contributed by atoms with Gasteiger partial charge >= 0.3 is 5.69 Å². The van der Waals surface area contributed by atoms with Crippen LogP contribution in [-0.2, 0) is 6.61 Å². The van der Waals surface area contributed by atoms with Crippen LogP contribution in [0.15, 0.2) is 79.8 Å². The van der Waals surface area contributed by atoms with Crippen LogP contribution >= 0.6 is 38.5 Å². The molecule has 0 amide bonds. The predicted molar refractivity (Wildman–Crippen MR) is 136 cm³/mol. The Morgan fingerprint density at radius 3 is 2.62 bits per heavy atom. The summed E-state index contributed by atoms with van der Waals surface area (Å²) in [6.07, 6.45) is 1.44. The van der Waals surface area contributed by atoms with E-state index in [0.29, 0.717) is 34.6 Å². The normalized spacial score (nSPS) is 11.2. The van der Waals surface area contributed by atoms with Crippen LogP contribution in [0.5, 0.6) is 11.5 Å². The molecule has 0 aliphatic carbocycles. The Kier molecular flexibility index (Phi) is 6.75. The lowest BCUT2D eigenvalue weighted by molar-refractivity contribution is 0.282. The standard InChI is InChI=1S/C23H17BrIN3O4/c1-31-20-11-15(10-18(25)21(20)32-13-14-6-8-16(24)9-7-14)12-26-28-22(29)17-4-2-3-5-19(17)27-23(28)30/h2-12H,13H2,1H3,(H,27,30). The van der Waals surface area contributed by atoms with Crippen molar-refractivity contribution in [1.82, 2.24) is 9.66 Å². The summed E-state index contributed by atoms with van der Waals surface area (Å²) in [6.45, 7) is 0.384. The topological polar surface area (TPSA) is 85.7 Å². The lowest BCUT2D eigenvalue weighted by Crippen LogP contribution is -2.32. The van der Waals surface area contributed by atoms with E-state index in [1.165, 1.54) is 6.21 Å². The fourth-order valence-corrected chi connectivity index (χ4v) is 4.12. The van der Waals surface area contributed by atoms with Crippen LogP contribution < -0.4 is 20.7 Å². The Morgan fingerprint density at radius 1 is 1.12 bits per heavy atom. The van der Waals surface area contributed by atoms with Crippen molar-refractivity contribution in [3.05, 3.63) is 101 Å². The first-order valence-electron chi connectivity index (χ1n) is 9.49. The summed E-state index contributed by atoms with van der Waals surface area (Å²) >= 11 is 5.57. The van der Waals surface area contributed by atoms with E-state index >= 15 is 0 Å². The molecule has 162 valence electrons. The highest BCUT2D eigenvalue weighted by Crippen LogP contribution is 2.34. The zero-order valence-corrected chi connectivity index (χ0v) is 20.6. The monoisotopic (exact) mass is 605 g/mol. The van der Waals surface area contributed by atoms with Gasteiger partial charge < -0.3 is 14.5 Å². The molecule has 0 atom stereocenters. The number of fused-ring (bicyclic) bond motifs is 1. The lowest BCUT2D eigenvalue weighted by atomic mass is 10.2. The Morgan fingerprint density at radius 2 is 1.88 bits per heavy atom. The molecule has 1 heterocycles. The fraction of sp³-hybridized carbons (Fsp3) is 0.0870. The molecule has 0 radical (unpaired) electrons. The van der Waals surface area contributed by atoms with Gasteiger partial charge in [0, 0.05) is 4.47 Å². The zero-order chi connectivity index (χ0) is 22.7. The number of benzene rings is 3. The molecule has 4 aromatic rings. The predicted octanol–water partition coefficient (Wildman–Crippen LogP) is 4.53. The summed E-state index contributed by atoms with van der Waals surface area (Å²) in [5.74, 6) is 1.13. The highest BCUT2D eigenvalue weighted by Gasteiger charge is 2.12. The van der Waals surface area contributed by atoms with E-state index in [1.807, 2.05) is 30.3 Å². The van der Waals surface area contributed by atoms with Gasteiger partial charge in [0.25, 0.3) is 5.56 Å².